The molecule has 0 unspecified atom stereocenters. The van der Waals surface area contributed by atoms with Crippen LogP contribution in [0.4, 0.5) is 4.39 Å². The average Bonchev–Trinajstić information content (AvgIpc) is 3.02. The molecule has 4 nitrogen and oxygen atoms in total. The van der Waals surface area contributed by atoms with Crippen LogP contribution in [0.5, 0.6) is 0 Å². The molecule has 124 valence electrons. The highest BCUT2D eigenvalue weighted by Crippen LogP contribution is 2.23. The molecule has 0 aliphatic heterocycles. The van der Waals surface area contributed by atoms with E-state index >= 15 is 0 Å². The predicted molar refractivity (Wildman–Crippen MR) is 94.4 cm³/mol. The Morgan fingerprint density at radius 3 is 2.67 bits per heavy atom. The summed E-state index contributed by atoms with van der Waals surface area (Å²) in [6, 6.07) is 13.9. The lowest BCUT2D eigenvalue weighted by Crippen LogP contribution is -2.31. The normalized spacial score (nSPS) is 12.3. The lowest BCUT2D eigenvalue weighted by molar-refractivity contribution is -0.128. The van der Waals surface area contributed by atoms with Crippen LogP contribution in [0, 0.1) is 5.82 Å². The SMILES string of the molecule is C[C@@H](c1ccc(F)cc1)N(C)C(=O)CSc1nc2ccccc2[nH]1. The molecule has 6 heteroatoms. The third-order valence-corrected chi connectivity index (χ3v) is 4.88. The fraction of sp³-hybridized carbons (Fsp3) is 0.222. The van der Waals surface area contributed by atoms with E-state index in [1.54, 1.807) is 24.1 Å². The number of para-hydroxylation sites is 2. The summed E-state index contributed by atoms with van der Waals surface area (Å²) in [5.41, 5.74) is 2.75. The number of halogens is 1. The van der Waals surface area contributed by atoms with E-state index in [-0.39, 0.29) is 17.8 Å². The van der Waals surface area contributed by atoms with Crippen molar-refractivity contribution in [2.75, 3.05) is 12.8 Å². The number of nitrogens with zero attached hydrogens (tertiary/aromatic N) is 2. The van der Waals surface area contributed by atoms with Crippen LogP contribution in [0.15, 0.2) is 53.7 Å². The van der Waals surface area contributed by atoms with Crippen molar-refractivity contribution in [1.82, 2.24) is 14.9 Å². The molecule has 0 bridgehead atoms. The molecular weight excluding hydrogens is 325 g/mol. The number of H-pyrrole nitrogens is 1. The lowest BCUT2D eigenvalue weighted by atomic mass is 10.1. The molecule has 1 amide bonds. The van der Waals surface area contributed by atoms with Gasteiger partial charge in [0, 0.05) is 7.05 Å². The van der Waals surface area contributed by atoms with Crippen LogP contribution in [0.1, 0.15) is 18.5 Å². The highest BCUT2D eigenvalue weighted by molar-refractivity contribution is 7.99. The van der Waals surface area contributed by atoms with Crippen LogP contribution in [-0.4, -0.2) is 33.6 Å². The number of rotatable bonds is 5. The van der Waals surface area contributed by atoms with Crippen molar-refractivity contribution in [2.45, 2.75) is 18.1 Å². The second kappa shape index (κ2) is 7.05. The van der Waals surface area contributed by atoms with Gasteiger partial charge >= 0.3 is 0 Å². The molecule has 3 rings (SSSR count). The first-order valence-electron chi connectivity index (χ1n) is 7.63. The Balaban J connectivity index is 1.62. The van der Waals surface area contributed by atoms with E-state index < -0.39 is 0 Å². The van der Waals surface area contributed by atoms with Gasteiger partial charge in [-0.1, -0.05) is 36.0 Å². The van der Waals surface area contributed by atoms with Gasteiger partial charge in [0.2, 0.25) is 5.91 Å². The number of thioether (sulfide) groups is 1. The molecule has 1 atom stereocenters. The summed E-state index contributed by atoms with van der Waals surface area (Å²) in [5, 5.41) is 0.729. The molecule has 1 heterocycles. The number of benzene rings is 2. The molecule has 0 aliphatic rings. The van der Waals surface area contributed by atoms with Gasteiger partial charge in [-0.05, 0) is 36.8 Å². The van der Waals surface area contributed by atoms with Crippen molar-refractivity contribution in [3.63, 3.8) is 0 Å². The predicted octanol–water partition coefficient (Wildman–Crippen LogP) is 4.01. The second-order valence-electron chi connectivity index (χ2n) is 5.58. The van der Waals surface area contributed by atoms with Gasteiger partial charge in [0.25, 0.3) is 0 Å². The number of nitrogens with one attached hydrogen (secondary N) is 1. The Morgan fingerprint density at radius 1 is 1.25 bits per heavy atom. The number of amides is 1. The molecule has 0 fully saturated rings. The van der Waals surface area contributed by atoms with E-state index in [1.165, 1.54) is 23.9 Å². The Labute approximate surface area is 144 Å². The first kappa shape index (κ1) is 16.5. The Hall–Kier alpha value is -2.34. The van der Waals surface area contributed by atoms with Gasteiger partial charge in [-0.25, -0.2) is 9.37 Å². The van der Waals surface area contributed by atoms with Crippen LogP contribution >= 0.6 is 11.8 Å². The summed E-state index contributed by atoms with van der Waals surface area (Å²) < 4.78 is 13.0. The number of imidazole rings is 1. The Morgan fingerprint density at radius 2 is 1.96 bits per heavy atom. The van der Waals surface area contributed by atoms with Gasteiger partial charge in [0.05, 0.1) is 22.8 Å². The van der Waals surface area contributed by atoms with E-state index in [1.807, 2.05) is 31.2 Å². The second-order valence-corrected chi connectivity index (χ2v) is 6.54. The number of hydrogen-bond acceptors (Lipinski definition) is 3. The van der Waals surface area contributed by atoms with Gasteiger partial charge in [-0.15, -0.1) is 0 Å². The maximum absolute atomic E-state index is 13.0. The number of aromatic amines is 1. The highest BCUT2D eigenvalue weighted by Gasteiger charge is 2.18. The van der Waals surface area contributed by atoms with Gasteiger partial charge in [-0.2, -0.15) is 0 Å². The molecule has 0 saturated heterocycles. The molecule has 0 spiro atoms. The minimum Gasteiger partial charge on any atom is -0.338 e. The fourth-order valence-electron chi connectivity index (χ4n) is 2.41. The third-order valence-electron chi connectivity index (χ3n) is 4.03. The first-order valence-corrected chi connectivity index (χ1v) is 8.62. The number of hydrogen-bond donors (Lipinski definition) is 1. The van der Waals surface area contributed by atoms with Gasteiger partial charge < -0.3 is 9.88 Å². The zero-order chi connectivity index (χ0) is 17.1. The monoisotopic (exact) mass is 343 g/mol. The van der Waals surface area contributed by atoms with E-state index in [2.05, 4.69) is 9.97 Å². The van der Waals surface area contributed by atoms with Crippen LogP contribution in [-0.2, 0) is 4.79 Å². The van der Waals surface area contributed by atoms with Crippen LogP contribution < -0.4 is 0 Å². The molecule has 0 saturated carbocycles. The Kier molecular flexibility index (Phi) is 4.85. The number of carbonyl (C=O) groups is 1. The zero-order valence-corrected chi connectivity index (χ0v) is 14.3. The summed E-state index contributed by atoms with van der Waals surface area (Å²) in [7, 11) is 1.76. The van der Waals surface area contributed by atoms with Crippen LogP contribution in [0.2, 0.25) is 0 Å². The van der Waals surface area contributed by atoms with E-state index in [0.717, 1.165) is 21.8 Å². The zero-order valence-electron chi connectivity index (χ0n) is 13.5. The topological polar surface area (TPSA) is 49.0 Å². The van der Waals surface area contributed by atoms with Crippen molar-refractivity contribution in [3.8, 4) is 0 Å². The summed E-state index contributed by atoms with van der Waals surface area (Å²) in [5.74, 6) is 0.0136. The summed E-state index contributed by atoms with van der Waals surface area (Å²) >= 11 is 1.38. The minimum atomic E-state index is -0.277. The number of carbonyl (C=O) groups excluding carboxylic acids is 1. The Bertz CT molecular complexity index is 814. The fourth-order valence-corrected chi connectivity index (χ4v) is 3.22. The van der Waals surface area contributed by atoms with E-state index in [4.69, 9.17) is 0 Å². The molecule has 0 aliphatic carbocycles. The first-order chi connectivity index (χ1) is 11.5. The van der Waals surface area contributed by atoms with E-state index in [9.17, 15) is 9.18 Å². The van der Waals surface area contributed by atoms with Gasteiger partial charge in [-0.3, -0.25) is 4.79 Å². The summed E-state index contributed by atoms with van der Waals surface area (Å²) in [4.78, 5) is 21.7. The van der Waals surface area contributed by atoms with Gasteiger partial charge in [0.15, 0.2) is 5.16 Å². The molecule has 0 radical (unpaired) electrons. The maximum atomic E-state index is 13.0. The standard InChI is InChI=1S/C18H18FN3OS/c1-12(13-7-9-14(19)10-8-13)22(2)17(23)11-24-18-20-15-5-3-4-6-16(15)21-18/h3-10,12H,11H2,1-2H3,(H,20,21)/t12-/m0/s1. The van der Waals surface area contributed by atoms with Crippen molar-refractivity contribution in [1.29, 1.82) is 0 Å². The molecule has 3 aromatic rings. The van der Waals surface area contributed by atoms with Crippen molar-refractivity contribution in [2.24, 2.45) is 0 Å². The highest BCUT2D eigenvalue weighted by atomic mass is 32.2. The largest absolute Gasteiger partial charge is 0.338 e. The molecule has 24 heavy (non-hydrogen) atoms. The van der Waals surface area contributed by atoms with Gasteiger partial charge in [0.1, 0.15) is 5.82 Å². The summed E-state index contributed by atoms with van der Waals surface area (Å²) in [6.07, 6.45) is 0. The van der Waals surface area contributed by atoms with Crippen molar-refractivity contribution >= 4 is 28.7 Å². The van der Waals surface area contributed by atoms with Crippen molar-refractivity contribution < 1.29 is 9.18 Å². The smallest absolute Gasteiger partial charge is 0.233 e. The molecule has 1 aromatic heterocycles. The summed E-state index contributed by atoms with van der Waals surface area (Å²) in [6.45, 7) is 1.93. The third kappa shape index (κ3) is 3.59. The molecule has 1 N–H and O–H groups in total. The van der Waals surface area contributed by atoms with Crippen LogP contribution in [0.3, 0.4) is 0 Å². The quantitative estimate of drug-likeness (QED) is 0.712. The van der Waals surface area contributed by atoms with E-state index in [0.29, 0.717) is 5.75 Å². The lowest BCUT2D eigenvalue weighted by Gasteiger charge is -2.25. The molecular formula is C18H18FN3OS. The average molecular weight is 343 g/mol. The minimum absolute atomic E-state index is 0.00252. The number of fused-ring (bicyclic) bond motifs is 1. The number of aromatic nitrogens is 2. The maximum Gasteiger partial charge on any atom is 0.233 e. The van der Waals surface area contributed by atoms with Crippen LogP contribution in [0.25, 0.3) is 11.0 Å². The van der Waals surface area contributed by atoms with Crippen molar-refractivity contribution in [3.05, 3.63) is 59.9 Å². The molecule has 2 aromatic carbocycles.